The molecule has 0 aliphatic rings. The number of hydrogen-bond donors (Lipinski definition) is 1. The molecule has 0 amide bonds. The van der Waals surface area contributed by atoms with Crippen molar-refractivity contribution in [2.75, 3.05) is 19.0 Å². The van der Waals surface area contributed by atoms with Crippen LogP contribution in [0.5, 0.6) is 0 Å². The van der Waals surface area contributed by atoms with Gasteiger partial charge in [-0.3, -0.25) is 0 Å². The summed E-state index contributed by atoms with van der Waals surface area (Å²) in [6.45, 7) is 0. The lowest BCUT2D eigenvalue weighted by atomic mass is 10.1. The molecule has 0 unspecified atom stereocenters. The number of carbonyl (C=O) groups is 1. The summed E-state index contributed by atoms with van der Waals surface area (Å²) in [7, 11) is 3.70. The molecule has 23 heavy (non-hydrogen) atoms. The molecule has 1 aromatic heterocycles. The second-order valence-corrected chi connectivity index (χ2v) is 6.07. The van der Waals surface area contributed by atoms with Crippen molar-refractivity contribution in [3.8, 4) is 0 Å². The van der Waals surface area contributed by atoms with Gasteiger partial charge in [-0.1, -0.05) is 23.5 Å². The molecule has 0 atom stereocenters. The Labute approximate surface area is 136 Å². The van der Waals surface area contributed by atoms with Gasteiger partial charge in [0.05, 0.1) is 15.8 Å². The van der Waals surface area contributed by atoms with Gasteiger partial charge in [0.25, 0.3) is 0 Å². The van der Waals surface area contributed by atoms with Crippen LogP contribution in [0.4, 0.5) is 16.5 Å². The second-order valence-electron chi connectivity index (χ2n) is 5.07. The minimum atomic E-state index is -1.04. The van der Waals surface area contributed by atoms with E-state index < -0.39 is 5.97 Å². The minimum Gasteiger partial charge on any atom is -0.478 e. The highest BCUT2D eigenvalue weighted by Crippen LogP contribution is 2.31. The molecule has 0 spiro atoms. The number of nitrogens with zero attached hydrogens (tertiary/aromatic N) is 4. The Morgan fingerprint density at radius 3 is 2.65 bits per heavy atom. The molecule has 0 radical (unpaired) electrons. The standard InChI is InChI=1S/C16H14N4O2S/c1-20(2)10-7-8-12(11(9-10)15(21)22)18-19-16-17-13-5-3-4-6-14(13)23-16/h3-9H,1-2H3,(H,21,22). The van der Waals surface area contributed by atoms with Crippen LogP contribution in [-0.2, 0) is 0 Å². The fraction of sp³-hybridized carbons (Fsp3) is 0.125. The number of aromatic carboxylic acids is 1. The van der Waals surface area contributed by atoms with E-state index in [4.69, 9.17) is 0 Å². The van der Waals surface area contributed by atoms with E-state index in [1.165, 1.54) is 11.3 Å². The minimum absolute atomic E-state index is 0.112. The molecule has 0 saturated carbocycles. The third-order valence-corrected chi connectivity index (χ3v) is 4.17. The van der Waals surface area contributed by atoms with Crippen molar-refractivity contribution in [2.24, 2.45) is 10.2 Å². The number of carboxylic acid groups (broad SMARTS) is 1. The Hall–Kier alpha value is -2.80. The molecule has 0 bridgehead atoms. The molecule has 6 nitrogen and oxygen atoms in total. The third-order valence-electron chi connectivity index (χ3n) is 3.25. The summed E-state index contributed by atoms with van der Waals surface area (Å²) in [5.74, 6) is -1.04. The van der Waals surface area contributed by atoms with E-state index in [0.29, 0.717) is 10.8 Å². The normalized spacial score (nSPS) is 11.2. The van der Waals surface area contributed by atoms with Gasteiger partial charge in [-0.25, -0.2) is 9.78 Å². The third kappa shape index (κ3) is 3.19. The number of fused-ring (bicyclic) bond motifs is 1. The van der Waals surface area contributed by atoms with E-state index in [1.54, 1.807) is 18.2 Å². The van der Waals surface area contributed by atoms with Gasteiger partial charge in [-0.05, 0) is 30.3 Å². The quantitative estimate of drug-likeness (QED) is 0.717. The van der Waals surface area contributed by atoms with Crippen LogP contribution in [0.1, 0.15) is 10.4 Å². The summed E-state index contributed by atoms with van der Waals surface area (Å²) in [5, 5.41) is 18.0. The molecule has 116 valence electrons. The average Bonchev–Trinajstić information content (AvgIpc) is 2.95. The van der Waals surface area contributed by atoms with Crippen molar-refractivity contribution in [2.45, 2.75) is 0 Å². The summed E-state index contributed by atoms with van der Waals surface area (Å²) in [5.41, 5.74) is 2.07. The zero-order chi connectivity index (χ0) is 16.4. The largest absolute Gasteiger partial charge is 0.478 e. The van der Waals surface area contributed by atoms with Crippen molar-refractivity contribution in [1.82, 2.24) is 4.98 Å². The van der Waals surface area contributed by atoms with Crippen LogP contribution in [0.15, 0.2) is 52.7 Å². The summed E-state index contributed by atoms with van der Waals surface area (Å²) >= 11 is 1.41. The highest BCUT2D eigenvalue weighted by Gasteiger charge is 2.12. The van der Waals surface area contributed by atoms with Gasteiger partial charge < -0.3 is 10.0 Å². The second kappa shape index (κ2) is 6.13. The lowest BCUT2D eigenvalue weighted by Gasteiger charge is -2.13. The van der Waals surface area contributed by atoms with Crippen molar-refractivity contribution < 1.29 is 9.90 Å². The molecule has 2 aromatic carbocycles. The fourth-order valence-corrected chi connectivity index (χ4v) is 2.85. The molecule has 7 heteroatoms. The number of carboxylic acids is 1. The molecule has 0 saturated heterocycles. The summed E-state index contributed by atoms with van der Waals surface area (Å²) in [6.07, 6.45) is 0. The smallest absolute Gasteiger partial charge is 0.338 e. The summed E-state index contributed by atoms with van der Waals surface area (Å²) < 4.78 is 1.02. The Kier molecular flexibility index (Phi) is 4.03. The van der Waals surface area contributed by atoms with Crippen LogP contribution in [-0.4, -0.2) is 30.2 Å². The predicted octanol–water partition coefficient (Wildman–Crippen LogP) is 4.48. The van der Waals surface area contributed by atoms with Crippen LogP contribution >= 0.6 is 11.3 Å². The van der Waals surface area contributed by atoms with E-state index in [1.807, 2.05) is 43.3 Å². The lowest BCUT2D eigenvalue weighted by molar-refractivity contribution is 0.0698. The van der Waals surface area contributed by atoms with E-state index in [0.717, 1.165) is 15.9 Å². The van der Waals surface area contributed by atoms with E-state index in [-0.39, 0.29) is 5.56 Å². The van der Waals surface area contributed by atoms with Gasteiger partial charge in [0, 0.05) is 19.8 Å². The van der Waals surface area contributed by atoms with Crippen molar-refractivity contribution >= 4 is 44.0 Å². The fourth-order valence-electron chi connectivity index (χ4n) is 2.06. The van der Waals surface area contributed by atoms with Crippen molar-refractivity contribution in [3.63, 3.8) is 0 Å². The summed E-state index contributed by atoms with van der Waals surface area (Å²) in [6, 6.07) is 12.7. The van der Waals surface area contributed by atoms with Crippen LogP contribution < -0.4 is 4.90 Å². The lowest BCUT2D eigenvalue weighted by Crippen LogP contribution is -2.09. The highest BCUT2D eigenvalue weighted by molar-refractivity contribution is 7.21. The number of hydrogen-bond acceptors (Lipinski definition) is 6. The topological polar surface area (TPSA) is 78.2 Å². The predicted molar refractivity (Wildman–Crippen MR) is 91.5 cm³/mol. The number of thiazole rings is 1. The van der Waals surface area contributed by atoms with Gasteiger partial charge in [0.2, 0.25) is 5.13 Å². The molecular weight excluding hydrogens is 312 g/mol. The highest BCUT2D eigenvalue weighted by atomic mass is 32.1. The molecule has 1 heterocycles. The first-order valence-electron chi connectivity index (χ1n) is 6.86. The van der Waals surface area contributed by atoms with E-state index in [2.05, 4.69) is 15.2 Å². The maximum absolute atomic E-state index is 11.4. The molecule has 0 fully saturated rings. The maximum atomic E-state index is 11.4. The van der Waals surface area contributed by atoms with Crippen molar-refractivity contribution in [3.05, 3.63) is 48.0 Å². The molecular formula is C16H14N4O2S. The van der Waals surface area contributed by atoms with Crippen LogP contribution in [0.3, 0.4) is 0 Å². The zero-order valence-electron chi connectivity index (χ0n) is 12.6. The van der Waals surface area contributed by atoms with Crippen LogP contribution in [0, 0.1) is 0 Å². The number of aromatic nitrogens is 1. The Balaban J connectivity index is 1.96. The average molecular weight is 326 g/mol. The molecule has 0 aliphatic carbocycles. The summed E-state index contributed by atoms with van der Waals surface area (Å²) in [4.78, 5) is 17.6. The van der Waals surface area contributed by atoms with Gasteiger partial charge in [-0.15, -0.1) is 10.2 Å². The maximum Gasteiger partial charge on any atom is 0.338 e. The zero-order valence-corrected chi connectivity index (χ0v) is 13.4. The molecule has 0 aliphatic heterocycles. The van der Waals surface area contributed by atoms with Gasteiger partial charge in [0.15, 0.2) is 0 Å². The number of benzene rings is 2. The molecule has 1 N–H and O–H groups in total. The van der Waals surface area contributed by atoms with Gasteiger partial charge in [0.1, 0.15) is 5.69 Å². The van der Waals surface area contributed by atoms with E-state index >= 15 is 0 Å². The SMILES string of the molecule is CN(C)c1ccc(N=Nc2nc3ccccc3s2)c(C(=O)O)c1. The van der Waals surface area contributed by atoms with Crippen LogP contribution in [0.2, 0.25) is 0 Å². The molecule has 3 rings (SSSR count). The van der Waals surface area contributed by atoms with E-state index in [9.17, 15) is 9.90 Å². The first-order chi connectivity index (χ1) is 11.0. The number of rotatable bonds is 4. The van der Waals surface area contributed by atoms with Crippen molar-refractivity contribution in [1.29, 1.82) is 0 Å². The number of azo groups is 1. The molecule has 3 aromatic rings. The first kappa shape index (κ1) is 15.1. The Morgan fingerprint density at radius 1 is 1.17 bits per heavy atom. The van der Waals surface area contributed by atoms with Crippen LogP contribution in [0.25, 0.3) is 10.2 Å². The Bertz CT molecular complexity index is 869. The monoisotopic (exact) mass is 326 g/mol. The van der Waals surface area contributed by atoms with Gasteiger partial charge >= 0.3 is 5.97 Å². The number of anilines is 1. The first-order valence-corrected chi connectivity index (χ1v) is 7.68. The number of para-hydroxylation sites is 1. The van der Waals surface area contributed by atoms with Gasteiger partial charge in [-0.2, -0.15) is 0 Å². The Morgan fingerprint density at radius 2 is 1.96 bits per heavy atom.